The van der Waals surface area contributed by atoms with Gasteiger partial charge in [0.2, 0.25) is 0 Å². The van der Waals surface area contributed by atoms with Crippen LogP contribution in [0.15, 0.2) is 18.5 Å². The number of hydrogen-bond acceptors (Lipinski definition) is 4. The summed E-state index contributed by atoms with van der Waals surface area (Å²) in [7, 11) is 0. The van der Waals surface area contributed by atoms with Crippen LogP contribution in [-0.2, 0) is 0 Å². The number of fused-ring (bicyclic) bond motifs is 1. The number of nitrogens with one attached hydrogen (secondary N) is 1. The van der Waals surface area contributed by atoms with Crippen molar-refractivity contribution in [1.82, 2.24) is 19.9 Å². The lowest BCUT2D eigenvalue weighted by molar-refractivity contribution is 0.432. The van der Waals surface area contributed by atoms with E-state index in [1.807, 2.05) is 23.8 Å². The molecule has 1 unspecified atom stereocenters. The molecule has 0 aromatic carbocycles. The zero-order chi connectivity index (χ0) is 14.2. The Kier molecular flexibility index (Phi) is 3.30. The van der Waals surface area contributed by atoms with E-state index in [0.717, 1.165) is 36.2 Å². The molecule has 2 aromatic rings. The largest absolute Gasteiger partial charge is 0.351 e. The van der Waals surface area contributed by atoms with Crippen molar-refractivity contribution < 1.29 is 0 Å². The van der Waals surface area contributed by atoms with Crippen LogP contribution >= 0.6 is 0 Å². The van der Waals surface area contributed by atoms with Gasteiger partial charge in [-0.1, -0.05) is 0 Å². The summed E-state index contributed by atoms with van der Waals surface area (Å²) in [4.78, 5) is 7.17. The van der Waals surface area contributed by atoms with Crippen LogP contribution in [0.4, 0.5) is 5.82 Å². The zero-order valence-corrected chi connectivity index (χ0v) is 12.6. The second kappa shape index (κ2) is 5.30. The number of nitrogens with zero attached hydrogens (tertiary/aromatic N) is 4. The van der Waals surface area contributed by atoms with Crippen LogP contribution in [0.5, 0.6) is 0 Å². The van der Waals surface area contributed by atoms with E-state index in [2.05, 4.69) is 26.4 Å². The molecule has 1 aliphatic carbocycles. The van der Waals surface area contributed by atoms with E-state index in [9.17, 15) is 0 Å². The van der Waals surface area contributed by atoms with Gasteiger partial charge in [-0.05, 0) is 45.1 Å². The standard InChI is InChI=1S/C16H23N5/c1-12-10-15-16(17-7-9-21(15)19-12)20-8-3-2-4-14(20)11-18-13-5-6-13/h7,9-10,13-14,18H,2-6,8,11H2,1H3. The van der Waals surface area contributed by atoms with Crippen molar-refractivity contribution in [1.29, 1.82) is 0 Å². The fourth-order valence-corrected chi connectivity index (χ4v) is 3.33. The van der Waals surface area contributed by atoms with Gasteiger partial charge in [-0.15, -0.1) is 0 Å². The van der Waals surface area contributed by atoms with Crippen LogP contribution in [0.25, 0.3) is 5.52 Å². The Bertz CT molecular complexity index is 631. The number of hydrogen-bond donors (Lipinski definition) is 1. The second-order valence-corrected chi connectivity index (χ2v) is 6.39. The molecule has 0 spiro atoms. The molecule has 1 saturated carbocycles. The molecule has 1 atom stereocenters. The fraction of sp³-hybridized carbons (Fsp3) is 0.625. The molecule has 1 N–H and O–H groups in total. The number of anilines is 1. The Morgan fingerprint density at radius 2 is 2.19 bits per heavy atom. The number of rotatable bonds is 4. The summed E-state index contributed by atoms with van der Waals surface area (Å²) in [5, 5.41) is 8.20. The number of aryl methyl sites for hydroxylation is 1. The molecule has 5 nitrogen and oxygen atoms in total. The van der Waals surface area contributed by atoms with Crippen molar-refractivity contribution in [2.75, 3.05) is 18.0 Å². The Hall–Kier alpha value is -1.62. The topological polar surface area (TPSA) is 45.5 Å². The van der Waals surface area contributed by atoms with Gasteiger partial charge in [-0.3, -0.25) is 0 Å². The molecule has 1 aliphatic heterocycles. The molecule has 0 amide bonds. The Morgan fingerprint density at radius 3 is 3.05 bits per heavy atom. The highest BCUT2D eigenvalue weighted by Crippen LogP contribution is 2.27. The van der Waals surface area contributed by atoms with Crippen LogP contribution < -0.4 is 10.2 Å². The monoisotopic (exact) mass is 285 g/mol. The maximum absolute atomic E-state index is 4.67. The van der Waals surface area contributed by atoms with Gasteiger partial charge in [0.25, 0.3) is 0 Å². The average Bonchev–Trinajstić information content (AvgIpc) is 3.24. The lowest BCUT2D eigenvalue weighted by Crippen LogP contribution is -2.46. The molecule has 2 aromatic heterocycles. The molecule has 21 heavy (non-hydrogen) atoms. The van der Waals surface area contributed by atoms with Crippen molar-refractivity contribution >= 4 is 11.3 Å². The minimum Gasteiger partial charge on any atom is -0.351 e. The highest BCUT2D eigenvalue weighted by atomic mass is 15.3. The van der Waals surface area contributed by atoms with Crippen molar-refractivity contribution in [3.05, 3.63) is 24.2 Å². The molecule has 1 saturated heterocycles. The maximum atomic E-state index is 4.67. The smallest absolute Gasteiger partial charge is 0.154 e. The van der Waals surface area contributed by atoms with Crippen molar-refractivity contribution in [2.24, 2.45) is 0 Å². The third kappa shape index (κ3) is 2.62. The molecular formula is C16H23N5. The van der Waals surface area contributed by atoms with Crippen molar-refractivity contribution in [3.8, 4) is 0 Å². The second-order valence-electron chi connectivity index (χ2n) is 6.39. The van der Waals surface area contributed by atoms with Gasteiger partial charge in [-0.25, -0.2) is 9.50 Å². The van der Waals surface area contributed by atoms with Crippen molar-refractivity contribution in [2.45, 2.75) is 51.1 Å². The predicted octanol–water partition coefficient (Wildman–Crippen LogP) is 2.15. The van der Waals surface area contributed by atoms with Gasteiger partial charge in [0, 0.05) is 37.6 Å². The van der Waals surface area contributed by atoms with E-state index in [1.54, 1.807) is 0 Å². The molecule has 2 fully saturated rings. The van der Waals surface area contributed by atoms with E-state index < -0.39 is 0 Å². The first-order valence-corrected chi connectivity index (χ1v) is 8.12. The summed E-state index contributed by atoms with van der Waals surface area (Å²) in [5.41, 5.74) is 2.18. The molecule has 3 heterocycles. The minimum absolute atomic E-state index is 0.563. The molecule has 0 radical (unpaired) electrons. The normalized spacial score (nSPS) is 22.9. The summed E-state index contributed by atoms with van der Waals surface area (Å²) < 4.78 is 1.96. The molecular weight excluding hydrogens is 262 g/mol. The molecule has 0 bridgehead atoms. The lowest BCUT2D eigenvalue weighted by Gasteiger charge is -2.37. The van der Waals surface area contributed by atoms with Gasteiger partial charge in [0.15, 0.2) is 5.82 Å². The van der Waals surface area contributed by atoms with E-state index >= 15 is 0 Å². The Balaban J connectivity index is 1.63. The number of piperidine rings is 1. The quantitative estimate of drug-likeness (QED) is 0.935. The molecule has 112 valence electrons. The van der Waals surface area contributed by atoms with Crippen LogP contribution in [0.3, 0.4) is 0 Å². The fourth-order valence-electron chi connectivity index (χ4n) is 3.33. The first kappa shape index (κ1) is 13.1. The highest BCUT2D eigenvalue weighted by Gasteiger charge is 2.28. The van der Waals surface area contributed by atoms with E-state index in [1.165, 1.54) is 32.1 Å². The SMILES string of the molecule is Cc1cc2c(N3CCCCC3CNC3CC3)nccn2n1. The van der Waals surface area contributed by atoms with Crippen LogP contribution in [-0.4, -0.2) is 39.8 Å². The maximum Gasteiger partial charge on any atom is 0.154 e. The van der Waals surface area contributed by atoms with Gasteiger partial charge in [0.05, 0.1) is 5.69 Å². The first-order chi connectivity index (χ1) is 10.3. The minimum atomic E-state index is 0.563. The van der Waals surface area contributed by atoms with E-state index in [0.29, 0.717) is 6.04 Å². The van der Waals surface area contributed by atoms with Gasteiger partial charge < -0.3 is 10.2 Å². The van der Waals surface area contributed by atoms with Crippen molar-refractivity contribution in [3.63, 3.8) is 0 Å². The molecule has 4 rings (SSSR count). The van der Waals surface area contributed by atoms with Gasteiger partial charge >= 0.3 is 0 Å². The Morgan fingerprint density at radius 1 is 1.29 bits per heavy atom. The van der Waals surface area contributed by atoms with Crippen LogP contribution in [0.2, 0.25) is 0 Å². The van der Waals surface area contributed by atoms with Gasteiger partial charge in [0.1, 0.15) is 5.52 Å². The molecule has 2 aliphatic rings. The third-order valence-corrected chi connectivity index (χ3v) is 4.61. The summed E-state index contributed by atoms with van der Waals surface area (Å²) in [6, 6.07) is 3.48. The summed E-state index contributed by atoms with van der Waals surface area (Å²) in [5.74, 6) is 1.10. The number of aromatic nitrogens is 3. The zero-order valence-electron chi connectivity index (χ0n) is 12.6. The summed E-state index contributed by atoms with van der Waals surface area (Å²) in [6.45, 7) is 4.23. The summed E-state index contributed by atoms with van der Waals surface area (Å²) in [6.07, 6.45) is 10.4. The van der Waals surface area contributed by atoms with E-state index in [4.69, 9.17) is 0 Å². The lowest BCUT2D eigenvalue weighted by atomic mass is 10.0. The predicted molar refractivity (Wildman–Crippen MR) is 83.7 cm³/mol. The van der Waals surface area contributed by atoms with Gasteiger partial charge in [-0.2, -0.15) is 5.10 Å². The first-order valence-electron chi connectivity index (χ1n) is 8.12. The highest BCUT2D eigenvalue weighted by molar-refractivity contribution is 5.69. The summed E-state index contributed by atoms with van der Waals surface area (Å²) >= 11 is 0. The Labute approximate surface area is 125 Å². The van der Waals surface area contributed by atoms with E-state index in [-0.39, 0.29) is 0 Å². The third-order valence-electron chi connectivity index (χ3n) is 4.61. The average molecular weight is 285 g/mol. The van der Waals surface area contributed by atoms with Crippen LogP contribution in [0, 0.1) is 6.92 Å². The molecule has 5 heteroatoms. The van der Waals surface area contributed by atoms with Crippen LogP contribution in [0.1, 0.15) is 37.8 Å².